The molecular formula is C15H24N4O3. The van der Waals surface area contributed by atoms with Gasteiger partial charge in [-0.25, -0.2) is 4.99 Å². The summed E-state index contributed by atoms with van der Waals surface area (Å²) in [6.45, 7) is 12.5. The molecule has 2 unspecified atom stereocenters. The molecule has 0 saturated carbocycles. The first-order chi connectivity index (χ1) is 10.6. The first-order valence-corrected chi connectivity index (χ1v) is 7.27. The van der Waals surface area contributed by atoms with E-state index in [4.69, 9.17) is 4.74 Å². The average molecular weight is 308 g/mol. The van der Waals surface area contributed by atoms with Crippen LogP contribution < -0.4 is 5.32 Å². The molecule has 1 N–H and O–H groups in total. The molecule has 0 radical (unpaired) electrons. The van der Waals surface area contributed by atoms with Crippen LogP contribution in [0, 0.1) is 11.3 Å². The molecule has 1 aliphatic heterocycles. The average Bonchev–Trinajstić information content (AvgIpc) is 2.52. The van der Waals surface area contributed by atoms with Crippen LogP contribution in [0.5, 0.6) is 0 Å². The number of likely N-dealkylation sites (tertiary alicyclic amines) is 1. The molecule has 122 valence electrons. The molecule has 0 aromatic carbocycles. The highest BCUT2D eigenvalue weighted by Gasteiger charge is 2.48. The van der Waals surface area contributed by atoms with Gasteiger partial charge in [-0.2, -0.15) is 0 Å². The van der Waals surface area contributed by atoms with E-state index < -0.39 is 5.41 Å². The Morgan fingerprint density at radius 3 is 2.77 bits per heavy atom. The molecule has 0 aromatic heterocycles. The number of piperidine rings is 1. The van der Waals surface area contributed by atoms with Crippen LogP contribution in [0.1, 0.15) is 20.3 Å². The maximum Gasteiger partial charge on any atom is 0.314 e. The number of hydrogen-bond donors (Lipinski definition) is 1. The predicted molar refractivity (Wildman–Crippen MR) is 85.7 cm³/mol. The van der Waals surface area contributed by atoms with Gasteiger partial charge in [0.25, 0.3) is 0 Å². The number of nitrogens with zero attached hydrogens (tertiary/aromatic N) is 3. The first-order valence-electron chi connectivity index (χ1n) is 7.27. The molecule has 1 saturated heterocycles. The SMILES string of the molecule is C=N/C=C(\N=C)N1CCC(CNC=O)(C(=O)OCC)C(C)C1. The van der Waals surface area contributed by atoms with Crippen molar-refractivity contribution in [3.8, 4) is 0 Å². The minimum absolute atomic E-state index is 0.0253. The highest BCUT2D eigenvalue weighted by atomic mass is 16.5. The van der Waals surface area contributed by atoms with Crippen molar-refractivity contribution >= 4 is 25.8 Å². The van der Waals surface area contributed by atoms with Crippen molar-refractivity contribution in [2.75, 3.05) is 26.2 Å². The highest BCUT2D eigenvalue weighted by molar-refractivity contribution is 5.78. The zero-order valence-corrected chi connectivity index (χ0v) is 13.2. The Morgan fingerprint density at radius 2 is 2.27 bits per heavy atom. The van der Waals surface area contributed by atoms with Crippen LogP contribution in [-0.2, 0) is 14.3 Å². The largest absolute Gasteiger partial charge is 0.466 e. The number of rotatable bonds is 8. The second-order valence-corrected chi connectivity index (χ2v) is 5.30. The smallest absolute Gasteiger partial charge is 0.314 e. The Hall–Kier alpha value is -2.18. The lowest BCUT2D eigenvalue weighted by molar-refractivity contribution is -0.162. The number of ether oxygens (including phenoxy) is 1. The maximum atomic E-state index is 12.4. The summed E-state index contributed by atoms with van der Waals surface area (Å²) in [7, 11) is 0. The number of nitrogens with one attached hydrogen (secondary N) is 1. The van der Waals surface area contributed by atoms with Gasteiger partial charge in [0.2, 0.25) is 6.41 Å². The van der Waals surface area contributed by atoms with Crippen LogP contribution in [0.15, 0.2) is 22.0 Å². The lowest BCUT2D eigenvalue weighted by Gasteiger charge is -2.45. The van der Waals surface area contributed by atoms with Crippen molar-refractivity contribution in [1.29, 1.82) is 0 Å². The fourth-order valence-corrected chi connectivity index (χ4v) is 2.83. The molecule has 7 heteroatoms. The third-order valence-electron chi connectivity index (χ3n) is 4.14. The van der Waals surface area contributed by atoms with Crippen molar-refractivity contribution < 1.29 is 14.3 Å². The van der Waals surface area contributed by atoms with Gasteiger partial charge in [-0.1, -0.05) is 6.92 Å². The summed E-state index contributed by atoms with van der Waals surface area (Å²) in [5, 5.41) is 2.63. The van der Waals surface area contributed by atoms with Gasteiger partial charge in [-0.15, -0.1) is 0 Å². The summed E-state index contributed by atoms with van der Waals surface area (Å²) in [4.78, 5) is 32.8. The zero-order valence-electron chi connectivity index (χ0n) is 13.2. The first kappa shape index (κ1) is 17.9. The molecule has 22 heavy (non-hydrogen) atoms. The van der Waals surface area contributed by atoms with Crippen LogP contribution in [-0.4, -0.2) is 57.0 Å². The standard InChI is InChI=1S/C15H24N4O3/c1-5-22-14(21)15(10-18-11-20)6-7-19(9-12(15)2)13(17-4)8-16-3/h8,11-12H,3-7,9-10H2,1-2H3,(H,18,20)/b13-8+. The van der Waals surface area contributed by atoms with Crippen LogP contribution in [0.25, 0.3) is 0 Å². The van der Waals surface area contributed by atoms with Gasteiger partial charge in [0.15, 0.2) is 0 Å². The summed E-state index contributed by atoms with van der Waals surface area (Å²) < 4.78 is 5.23. The number of carbonyl (C=O) groups excluding carboxylic acids is 2. The van der Waals surface area contributed by atoms with E-state index in [1.165, 1.54) is 0 Å². The van der Waals surface area contributed by atoms with Gasteiger partial charge < -0.3 is 15.0 Å². The molecule has 1 amide bonds. The van der Waals surface area contributed by atoms with Crippen molar-refractivity contribution in [2.24, 2.45) is 21.3 Å². The maximum absolute atomic E-state index is 12.4. The topological polar surface area (TPSA) is 83.4 Å². The predicted octanol–water partition coefficient (Wildman–Crippen LogP) is 0.824. The van der Waals surface area contributed by atoms with E-state index in [0.29, 0.717) is 38.3 Å². The summed E-state index contributed by atoms with van der Waals surface area (Å²) in [6.07, 6.45) is 2.71. The third-order valence-corrected chi connectivity index (χ3v) is 4.14. The van der Waals surface area contributed by atoms with Crippen molar-refractivity contribution in [3.63, 3.8) is 0 Å². The zero-order chi connectivity index (χ0) is 16.6. The Morgan fingerprint density at radius 1 is 1.55 bits per heavy atom. The molecule has 7 nitrogen and oxygen atoms in total. The summed E-state index contributed by atoms with van der Waals surface area (Å²) >= 11 is 0. The number of esters is 1. The number of aliphatic imine (C=N–C) groups is 2. The highest BCUT2D eigenvalue weighted by Crippen LogP contribution is 2.38. The van der Waals surface area contributed by atoms with Gasteiger partial charge in [0, 0.05) is 19.6 Å². The lowest BCUT2D eigenvalue weighted by atomic mass is 9.70. The molecule has 0 aliphatic carbocycles. The number of carbonyl (C=O) groups is 2. The number of hydrogen-bond acceptors (Lipinski definition) is 6. The van der Waals surface area contributed by atoms with Gasteiger partial charge in [0.05, 0.1) is 18.2 Å². The van der Waals surface area contributed by atoms with E-state index in [-0.39, 0.29) is 18.4 Å². The third kappa shape index (κ3) is 3.72. The molecule has 1 rings (SSSR count). The van der Waals surface area contributed by atoms with E-state index >= 15 is 0 Å². The monoisotopic (exact) mass is 308 g/mol. The molecule has 1 fully saturated rings. The summed E-state index contributed by atoms with van der Waals surface area (Å²) in [5.41, 5.74) is -0.721. The molecule has 0 spiro atoms. The van der Waals surface area contributed by atoms with Crippen molar-refractivity contribution in [3.05, 3.63) is 12.0 Å². The molecule has 0 bridgehead atoms. The summed E-state index contributed by atoms with van der Waals surface area (Å²) in [5.74, 6) is 0.334. The van der Waals surface area contributed by atoms with Gasteiger partial charge >= 0.3 is 5.97 Å². The van der Waals surface area contributed by atoms with E-state index in [0.717, 1.165) is 0 Å². The van der Waals surface area contributed by atoms with Crippen LogP contribution in [0.3, 0.4) is 0 Å². The van der Waals surface area contributed by atoms with Crippen molar-refractivity contribution in [1.82, 2.24) is 10.2 Å². The fourth-order valence-electron chi connectivity index (χ4n) is 2.83. The molecular weight excluding hydrogens is 284 g/mol. The summed E-state index contributed by atoms with van der Waals surface area (Å²) in [6, 6.07) is 0. The van der Waals surface area contributed by atoms with Gasteiger partial charge in [-0.3, -0.25) is 14.6 Å². The van der Waals surface area contributed by atoms with E-state index in [2.05, 4.69) is 28.7 Å². The second-order valence-electron chi connectivity index (χ2n) is 5.30. The van der Waals surface area contributed by atoms with Gasteiger partial charge in [-0.05, 0) is 32.7 Å². The fraction of sp³-hybridized carbons (Fsp3) is 0.600. The van der Waals surface area contributed by atoms with E-state index in [1.54, 1.807) is 13.1 Å². The second kappa shape index (κ2) is 8.31. The molecule has 2 atom stereocenters. The number of amides is 1. The quantitative estimate of drug-likeness (QED) is 0.409. The molecule has 1 heterocycles. The van der Waals surface area contributed by atoms with Crippen molar-refractivity contribution in [2.45, 2.75) is 20.3 Å². The van der Waals surface area contributed by atoms with E-state index in [1.807, 2.05) is 11.8 Å². The van der Waals surface area contributed by atoms with Gasteiger partial charge in [0.1, 0.15) is 5.82 Å². The van der Waals surface area contributed by atoms with Crippen LogP contribution in [0.2, 0.25) is 0 Å². The molecule has 0 aromatic rings. The van der Waals surface area contributed by atoms with Crippen LogP contribution >= 0.6 is 0 Å². The lowest BCUT2D eigenvalue weighted by Crippen LogP contribution is -2.54. The van der Waals surface area contributed by atoms with E-state index in [9.17, 15) is 9.59 Å². The Kier molecular flexibility index (Phi) is 6.75. The Bertz CT molecular complexity index is 464. The Labute approximate surface area is 131 Å². The normalized spacial score (nSPS) is 25.3. The minimum Gasteiger partial charge on any atom is -0.466 e. The molecule has 1 aliphatic rings. The minimum atomic E-state index is -0.721. The van der Waals surface area contributed by atoms with Crippen LogP contribution in [0.4, 0.5) is 0 Å². The Balaban J connectivity index is 2.96.